The SMILES string of the molecule is COc1ccc(Cl)cc1NC1CCOC1C. The lowest BCUT2D eigenvalue weighted by Gasteiger charge is -2.19. The standard InChI is InChI=1S/C12H16ClNO2/c1-8-10(5-6-16-8)14-11-7-9(13)3-4-12(11)15-2/h3-4,7-8,10,14H,5-6H2,1-2H3. The van der Waals surface area contributed by atoms with E-state index in [1.807, 2.05) is 18.2 Å². The molecule has 1 aliphatic heterocycles. The molecule has 2 rings (SSSR count). The predicted octanol–water partition coefficient (Wildman–Crippen LogP) is 2.94. The fourth-order valence-corrected chi connectivity index (χ4v) is 2.09. The Morgan fingerprint density at radius 3 is 2.94 bits per heavy atom. The molecule has 16 heavy (non-hydrogen) atoms. The number of halogens is 1. The zero-order valence-corrected chi connectivity index (χ0v) is 10.3. The summed E-state index contributed by atoms with van der Waals surface area (Å²) >= 11 is 5.97. The van der Waals surface area contributed by atoms with Gasteiger partial charge in [-0.3, -0.25) is 0 Å². The molecule has 0 aromatic heterocycles. The molecule has 2 atom stereocenters. The molecular formula is C12H16ClNO2. The summed E-state index contributed by atoms with van der Waals surface area (Å²) in [5.74, 6) is 0.809. The highest BCUT2D eigenvalue weighted by molar-refractivity contribution is 6.30. The minimum absolute atomic E-state index is 0.226. The van der Waals surface area contributed by atoms with Crippen LogP contribution < -0.4 is 10.1 Å². The Hall–Kier alpha value is -0.930. The molecule has 0 amide bonds. The minimum Gasteiger partial charge on any atom is -0.495 e. The van der Waals surface area contributed by atoms with Gasteiger partial charge in [0.15, 0.2) is 0 Å². The smallest absolute Gasteiger partial charge is 0.142 e. The van der Waals surface area contributed by atoms with E-state index in [0.29, 0.717) is 11.1 Å². The molecule has 0 bridgehead atoms. The molecule has 0 spiro atoms. The highest BCUT2D eigenvalue weighted by Crippen LogP contribution is 2.30. The van der Waals surface area contributed by atoms with Crippen LogP contribution >= 0.6 is 11.6 Å². The van der Waals surface area contributed by atoms with E-state index in [-0.39, 0.29) is 6.10 Å². The fourth-order valence-electron chi connectivity index (χ4n) is 1.91. The third-order valence-electron chi connectivity index (χ3n) is 2.88. The summed E-state index contributed by atoms with van der Waals surface area (Å²) in [4.78, 5) is 0. The van der Waals surface area contributed by atoms with Crippen LogP contribution in [0.4, 0.5) is 5.69 Å². The van der Waals surface area contributed by atoms with Crippen molar-refractivity contribution < 1.29 is 9.47 Å². The van der Waals surface area contributed by atoms with Crippen LogP contribution in [0.1, 0.15) is 13.3 Å². The van der Waals surface area contributed by atoms with Crippen molar-refractivity contribution in [2.45, 2.75) is 25.5 Å². The molecule has 88 valence electrons. The zero-order chi connectivity index (χ0) is 11.5. The summed E-state index contributed by atoms with van der Waals surface area (Å²) in [7, 11) is 1.66. The summed E-state index contributed by atoms with van der Waals surface area (Å²) in [6, 6.07) is 5.89. The lowest BCUT2D eigenvalue weighted by atomic mass is 10.1. The quantitative estimate of drug-likeness (QED) is 0.883. The molecule has 0 aliphatic carbocycles. The number of hydrogen-bond acceptors (Lipinski definition) is 3. The Bertz CT molecular complexity index is 370. The normalized spacial score (nSPS) is 24.4. The average Bonchev–Trinajstić information content (AvgIpc) is 2.65. The van der Waals surface area contributed by atoms with Gasteiger partial charge in [-0.05, 0) is 31.5 Å². The van der Waals surface area contributed by atoms with Gasteiger partial charge in [-0.25, -0.2) is 0 Å². The summed E-state index contributed by atoms with van der Waals surface area (Å²) in [6.45, 7) is 2.88. The van der Waals surface area contributed by atoms with E-state index in [4.69, 9.17) is 21.1 Å². The van der Waals surface area contributed by atoms with Gasteiger partial charge in [0.25, 0.3) is 0 Å². The van der Waals surface area contributed by atoms with Gasteiger partial charge >= 0.3 is 0 Å². The van der Waals surface area contributed by atoms with Gasteiger partial charge in [-0.15, -0.1) is 0 Å². The Morgan fingerprint density at radius 1 is 1.50 bits per heavy atom. The number of anilines is 1. The van der Waals surface area contributed by atoms with Crippen molar-refractivity contribution in [3.63, 3.8) is 0 Å². The number of benzene rings is 1. The molecule has 1 N–H and O–H groups in total. The summed E-state index contributed by atoms with van der Waals surface area (Å²) in [5, 5.41) is 4.12. The number of hydrogen-bond donors (Lipinski definition) is 1. The average molecular weight is 242 g/mol. The monoisotopic (exact) mass is 241 g/mol. The summed E-state index contributed by atoms with van der Waals surface area (Å²) in [5.41, 5.74) is 0.928. The first kappa shape index (κ1) is 11.6. The van der Waals surface area contributed by atoms with Gasteiger partial charge in [-0.1, -0.05) is 11.6 Å². The van der Waals surface area contributed by atoms with Crippen LogP contribution in [0.25, 0.3) is 0 Å². The van der Waals surface area contributed by atoms with Gasteiger partial charge in [0.05, 0.1) is 24.9 Å². The minimum atomic E-state index is 0.226. The molecule has 1 saturated heterocycles. The molecule has 1 aromatic rings. The first-order valence-electron chi connectivity index (χ1n) is 5.42. The van der Waals surface area contributed by atoms with E-state index in [2.05, 4.69) is 12.2 Å². The van der Waals surface area contributed by atoms with Crippen molar-refractivity contribution in [3.05, 3.63) is 23.2 Å². The molecule has 0 saturated carbocycles. The lowest BCUT2D eigenvalue weighted by molar-refractivity contribution is 0.121. The van der Waals surface area contributed by atoms with Crippen molar-refractivity contribution in [1.29, 1.82) is 0 Å². The van der Waals surface area contributed by atoms with E-state index in [9.17, 15) is 0 Å². The first-order valence-corrected chi connectivity index (χ1v) is 5.80. The topological polar surface area (TPSA) is 30.5 Å². The number of nitrogens with one attached hydrogen (secondary N) is 1. The molecule has 1 fully saturated rings. The second-order valence-electron chi connectivity index (χ2n) is 3.96. The van der Waals surface area contributed by atoms with Crippen molar-refractivity contribution in [2.75, 3.05) is 19.0 Å². The highest BCUT2D eigenvalue weighted by Gasteiger charge is 2.24. The molecule has 1 aromatic carbocycles. The fraction of sp³-hybridized carbons (Fsp3) is 0.500. The summed E-state index contributed by atoms with van der Waals surface area (Å²) in [6.07, 6.45) is 1.24. The first-order chi connectivity index (χ1) is 7.70. The Balaban J connectivity index is 2.16. The number of methoxy groups -OCH3 is 1. The van der Waals surface area contributed by atoms with Crippen molar-refractivity contribution in [2.24, 2.45) is 0 Å². The molecule has 1 heterocycles. The largest absolute Gasteiger partial charge is 0.495 e. The van der Waals surface area contributed by atoms with E-state index in [1.54, 1.807) is 7.11 Å². The van der Waals surface area contributed by atoms with Gasteiger partial charge < -0.3 is 14.8 Å². The summed E-state index contributed by atoms with van der Waals surface area (Å²) < 4.78 is 10.8. The van der Waals surface area contributed by atoms with Crippen LogP contribution in [0, 0.1) is 0 Å². The third kappa shape index (κ3) is 2.42. The van der Waals surface area contributed by atoms with E-state index in [0.717, 1.165) is 24.5 Å². The van der Waals surface area contributed by atoms with E-state index in [1.165, 1.54) is 0 Å². The number of rotatable bonds is 3. The molecule has 1 aliphatic rings. The molecule has 3 nitrogen and oxygen atoms in total. The molecule has 2 unspecified atom stereocenters. The second-order valence-corrected chi connectivity index (χ2v) is 4.40. The Kier molecular flexibility index (Phi) is 3.56. The number of ether oxygens (including phenoxy) is 2. The van der Waals surface area contributed by atoms with E-state index >= 15 is 0 Å². The maximum atomic E-state index is 5.97. The zero-order valence-electron chi connectivity index (χ0n) is 9.50. The lowest BCUT2D eigenvalue weighted by Crippen LogP contribution is -2.26. The van der Waals surface area contributed by atoms with Crippen LogP contribution in [0.5, 0.6) is 5.75 Å². The van der Waals surface area contributed by atoms with Crippen LogP contribution in [-0.4, -0.2) is 25.9 Å². The van der Waals surface area contributed by atoms with Crippen molar-refractivity contribution in [3.8, 4) is 5.75 Å². The Morgan fingerprint density at radius 2 is 2.31 bits per heavy atom. The van der Waals surface area contributed by atoms with Gasteiger partial charge in [-0.2, -0.15) is 0 Å². The second kappa shape index (κ2) is 4.93. The van der Waals surface area contributed by atoms with Gasteiger partial charge in [0.1, 0.15) is 5.75 Å². The van der Waals surface area contributed by atoms with Gasteiger partial charge in [0.2, 0.25) is 0 Å². The van der Waals surface area contributed by atoms with Crippen LogP contribution in [0.15, 0.2) is 18.2 Å². The van der Waals surface area contributed by atoms with E-state index < -0.39 is 0 Å². The highest BCUT2D eigenvalue weighted by atomic mass is 35.5. The maximum absolute atomic E-state index is 5.97. The van der Waals surface area contributed by atoms with Crippen molar-refractivity contribution in [1.82, 2.24) is 0 Å². The maximum Gasteiger partial charge on any atom is 0.142 e. The third-order valence-corrected chi connectivity index (χ3v) is 3.11. The predicted molar refractivity (Wildman–Crippen MR) is 65.4 cm³/mol. The van der Waals surface area contributed by atoms with Crippen LogP contribution in [0.2, 0.25) is 5.02 Å². The molecule has 4 heteroatoms. The van der Waals surface area contributed by atoms with Crippen LogP contribution in [0.3, 0.4) is 0 Å². The van der Waals surface area contributed by atoms with Crippen LogP contribution in [-0.2, 0) is 4.74 Å². The molecular weight excluding hydrogens is 226 g/mol. The van der Waals surface area contributed by atoms with Gasteiger partial charge in [0, 0.05) is 11.6 Å². The Labute approximate surface area is 101 Å². The van der Waals surface area contributed by atoms with Crippen molar-refractivity contribution >= 4 is 17.3 Å². The molecule has 0 radical (unpaired) electrons.